The van der Waals surface area contributed by atoms with Crippen LogP contribution in [-0.4, -0.2) is 66.6 Å². The second-order valence-corrected chi connectivity index (χ2v) is 9.32. The number of aromatic amines is 1. The first-order valence-electron chi connectivity index (χ1n) is 12.4. The highest BCUT2D eigenvalue weighted by atomic mass is 16.5. The molecule has 1 aromatic heterocycles. The van der Waals surface area contributed by atoms with Crippen molar-refractivity contribution in [3.8, 4) is 0 Å². The van der Waals surface area contributed by atoms with Crippen molar-refractivity contribution in [2.45, 2.75) is 59.0 Å². The maximum absolute atomic E-state index is 13.4. The van der Waals surface area contributed by atoms with E-state index in [2.05, 4.69) is 34.4 Å². The molecule has 3 rings (SSSR count). The quantitative estimate of drug-likeness (QED) is 0.485. The molecule has 0 radical (unpaired) electrons. The monoisotopic (exact) mass is 456 g/mol. The van der Waals surface area contributed by atoms with E-state index in [0.717, 1.165) is 55.6 Å². The highest BCUT2D eigenvalue weighted by Crippen LogP contribution is 2.21. The Balaban J connectivity index is 1.74. The Morgan fingerprint density at radius 3 is 2.45 bits per heavy atom. The van der Waals surface area contributed by atoms with Gasteiger partial charge in [-0.25, -0.2) is 0 Å². The molecule has 0 spiro atoms. The summed E-state index contributed by atoms with van der Waals surface area (Å²) in [6.45, 7) is 11.9. The number of hydrogen-bond donors (Lipinski definition) is 3. The summed E-state index contributed by atoms with van der Waals surface area (Å²) in [4.78, 5) is 31.6. The summed E-state index contributed by atoms with van der Waals surface area (Å²) in [6.07, 6.45) is 4.52. The third kappa shape index (κ3) is 6.58. The molecule has 0 saturated carbocycles. The van der Waals surface area contributed by atoms with Gasteiger partial charge < -0.3 is 20.4 Å². The third-order valence-corrected chi connectivity index (χ3v) is 6.85. The lowest BCUT2D eigenvalue weighted by molar-refractivity contribution is -0.130. The van der Waals surface area contributed by atoms with Crippen LogP contribution in [0.25, 0.3) is 10.9 Å². The first-order chi connectivity index (χ1) is 15.9. The summed E-state index contributed by atoms with van der Waals surface area (Å²) in [7, 11) is 0. The normalized spacial score (nSPS) is 16.8. The second-order valence-electron chi connectivity index (χ2n) is 9.32. The van der Waals surface area contributed by atoms with Gasteiger partial charge in [0.1, 0.15) is 6.04 Å². The molecule has 2 aromatic rings. The fraction of sp³-hybridized carbons (Fsp3) is 0.615. The fourth-order valence-corrected chi connectivity index (χ4v) is 4.73. The molecular formula is C26H40N4O3. The summed E-state index contributed by atoms with van der Waals surface area (Å²) in [5.74, 6) is 0.0767. The predicted molar refractivity (Wildman–Crippen MR) is 132 cm³/mol. The first-order valence-corrected chi connectivity index (χ1v) is 12.4. The SMILES string of the molecule is CCC(CC)C(CNC(=O)C(Cc1c[nH]c2ccccc12)NC(=O)C(C)C)N1CCOCC1. The molecule has 3 N–H and O–H groups in total. The lowest BCUT2D eigenvalue weighted by Gasteiger charge is -2.39. The highest BCUT2D eigenvalue weighted by molar-refractivity contribution is 5.90. The largest absolute Gasteiger partial charge is 0.379 e. The Labute approximate surface area is 197 Å². The van der Waals surface area contributed by atoms with Gasteiger partial charge in [-0.15, -0.1) is 0 Å². The van der Waals surface area contributed by atoms with E-state index in [1.165, 1.54) is 0 Å². The minimum Gasteiger partial charge on any atom is -0.379 e. The Morgan fingerprint density at radius 2 is 1.79 bits per heavy atom. The molecule has 1 aliphatic rings. The number of amides is 2. The molecule has 1 saturated heterocycles. The number of aromatic nitrogens is 1. The number of nitrogens with one attached hydrogen (secondary N) is 3. The van der Waals surface area contributed by atoms with E-state index >= 15 is 0 Å². The number of hydrogen-bond acceptors (Lipinski definition) is 4. The van der Waals surface area contributed by atoms with Gasteiger partial charge in [-0.2, -0.15) is 0 Å². The van der Waals surface area contributed by atoms with Gasteiger partial charge in [0.2, 0.25) is 11.8 Å². The van der Waals surface area contributed by atoms with Crippen LogP contribution in [-0.2, 0) is 20.7 Å². The van der Waals surface area contributed by atoms with E-state index < -0.39 is 6.04 Å². The van der Waals surface area contributed by atoms with E-state index in [9.17, 15) is 9.59 Å². The van der Waals surface area contributed by atoms with Crippen LogP contribution in [0.4, 0.5) is 0 Å². The molecule has 33 heavy (non-hydrogen) atoms. The number of carbonyl (C=O) groups is 2. The summed E-state index contributed by atoms with van der Waals surface area (Å²) in [5, 5.41) is 7.25. The molecule has 182 valence electrons. The van der Waals surface area contributed by atoms with Crippen LogP contribution in [0.15, 0.2) is 30.5 Å². The van der Waals surface area contributed by atoms with Crippen LogP contribution >= 0.6 is 0 Å². The Hall–Kier alpha value is -2.38. The molecule has 2 heterocycles. The van der Waals surface area contributed by atoms with Crippen LogP contribution in [0.2, 0.25) is 0 Å². The Bertz CT molecular complexity index is 900. The van der Waals surface area contributed by atoms with Crippen LogP contribution in [0.5, 0.6) is 0 Å². The van der Waals surface area contributed by atoms with Crippen molar-refractivity contribution in [2.24, 2.45) is 11.8 Å². The average molecular weight is 457 g/mol. The summed E-state index contributed by atoms with van der Waals surface area (Å²) >= 11 is 0. The number of rotatable bonds is 11. The lowest BCUT2D eigenvalue weighted by Crippen LogP contribution is -2.55. The maximum atomic E-state index is 13.4. The standard InChI is InChI=1S/C26H40N4O3/c1-5-19(6-2)24(30-11-13-33-14-12-30)17-28-26(32)23(29-25(31)18(3)4)15-20-16-27-22-10-8-7-9-21(20)22/h7-10,16,18-19,23-24,27H,5-6,11-15,17H2,1-4H3,(H,28,32)(H,29,31). The highest BCUT2D eigenvalue weighted by Gasteiger charge is 2.29. The van der Waals surface area contributed by atoms with Gasteiger partial charge in [0.25, 0.3) is 0 Å². The molecule has 1 fully saturated rings. The van der Waals surface area contributed by atoms with Gasteiger partial charge in [-0.05, 0) is 17.5 Å². The maximum Gasteiger partial charge on any atom is 0.242 e. The van der Waals surface area contributed by atoms with Gasteiger partial charge in [0.15, 0.2) is 0 Å². The zero-order valence-corrected chi connectivity index (χ0v) is 20.5. The molecule has 7 heteroatoms. The van der Waals surface area contributed by atoms with Gasteiger partial charge in [-0.1, -0.05) is 58.7 Å². The number of fused-ring (bicyclic) bond motifs is 1. The average Bonchev–Trinajstić information content (AvgIpc) is 3.24. The van der Waals surface area contributed by atoms with E-state index in [0.29, 0.717) is 18.9 Å². The van der Waals surface area contributed by atoms with Gasteiger partial charge in [-0.3, -0.25) is 14.5 Å². The minimum atomic E-state index is -0.619. The molecule has 2 unspecified atom stereocenters. The first kappa shape index (κ1) is 25.2. The van der Waals surface area contributed by atoms with Crippen LogP contribution < -0.4 is 10.6 Å². The predicted octanol–water partition coefficient (Wildman–Crippen LogP) is 3.10. The number of nitrogens with zero attached hydrogens (tertiary/aromatic N) is 1. The van der Waals surface area contributed by atoms with Gasteiger partial charge >= 0.3 is 0 Å². The van der Waals surface area contributed by atoms with Crippen molar-refractivity contribution in [3.63, 3.8) is 0 Å². The van der Waals surface area contributed by atoms with E-state index in [1.54, 1.807) is 0 Å². The van der Waals surface area contributed by atoms with E-state index in [-0.39, 0.29) is 23.8 Å². The number of ether oxygens (including phenoxy) is 1. The number of morpholine rings is 1. The van der Waals surface area contributed by atoms with Crippen molar-refractivity contribution in [1.29, 1.82) is 0 Å². The second kappa shape index (κ2) is 12.2. The molecular weight excluding hydrogens is 416 g/mol. The number of carbonyl (C=O) groups excluding carboxylic acids is 2. The number of para-hydroxylation sites is 1. The van der Waals surface area contributed by atoms with Crippen molar-refractivity contribution < 1.29 is 14.3 Å². The minimum absolute atomic E-state index is 0.111. The van der Waals surface area contributed by atoms with Crippen molar-refractivity contribution >= 4 is 22.7 Å². The molecule has 1 aliphatic heterocycles. The third-order valence-electron chi connectivity index (χ3n) is 6.85. The summed E-state index contributed by atoms with van der Waals surface area (Å²) in [6, 6.07) is 7.68. The fourth-order valence-electron chi connectivity index (χ4n) is 4.73. The Morgan fingerprint density at radius 1 is 1.09 bits per heavy atom. The lowest BCUT2D eigenvalue weighted by atomic mass is 9.92. The zero-order valence-electron chi connectivity index (χ0n) is 20.5. The van der Waals surface area contributed by atoms with Crippen molar-refractivity contribution in [1.82, 2.24) is 20.5 Å². The van der Waals surface area contributed by atoms with Crippen LogP contribution in [0.1, 0.15) is 46.1 Å². The topological polar surface area (TPSA) is 86.5 Å². The van der Waals surface area contributed by atoms with E-state index in [1.807, 2.05) is 44.3 Å². The molecule has 7 nitrogen and oxygen atoms in total. The van der Waals surface area contributed by atoms with Crippen LogP contribution in [0, 0.1) is 11.8 Å². The van der Waals surface area contributed by atoms with Crippen LogP contribution in [0.3, 0.4) is 0 Å². The summed E-state index contributed by atoms with van der Waals surface area (Å²) < 4.78 is 5.54. The van der Waals surface area contributed by atoms with Crippen molar-refractivity contribution in [3.05, 3.63) is 36.0 Å². The molecule has 0 aliphatic carbocycles. The zero-order chi connectivity index (χ0) is 23.8. The molecule has 1 aromatic carbocycles. The Kier molecular flexibility index (Phi) is 9.32. The van der Waals surface area contributed by atoms with Gasteiger partial charge in [0, 0.05) is 55.1 Å². The summed E-state index contributed by atoms with van der Waals surface area (Å²) in [5.41, 5.74) is 2.06. The molecule has 0 bridgehead atoms. The van der Waals surface area contributed by atoms with Gasteiger partial charge in [0.05, 0.1) is 13.2 Å². The van der Waals surface area contributed by atoms with Crippen molar-refractivity contribution in [2.75, 3.05) is 32.8 Å². The molecule has 2 atom stereocenters. The number of H-pyrrole nitrogens is 1. The van der Waals surface area contributed by atoms with E-state index in [4.69, 9.17) is 4.74 Å². The smallest absolute Gasteiger partial charge is 0.242 e. The number of benzene rings is 1. The molecule has 2 amide bonds.